The van der Waals surface area contributed by atoms with E-state index in [2.05, 4.69) is 19.0 Å². The molecule has 0 unspecified atom stereocenters. The molecule has 0 aliphatic carbocycles. The minimum Gasteiger partial charge on any atom is -0.396 e. The summed E-state index contributed by atoms with van der Waals surface area (Å²) in [6.07, 6.45) is 2.71. The third-order valence-electron chi connectivity index (χ3n) is 0.740. The van der Waals surface area contributed by atoms with Crippen molar-refractivity contribution in [2.24, 2.45) is 11.1 Å². The van der Waals surface area contributed by atoms with Crippen molar-refractivity contribution in [3.63, 3.8) is 0 Å². The molecule has 2 heteroatoms. The van der Waals surface area contributed by atoms with E-state index in [1.54, 1.807) is 6.21 Å². The maximum absolute atomic E-state index is 4.90. The van der Waals surface area contributed by atoms with Crippen LogP contribution in [0.15, 0.2) is 5.16 Å². The second kappa shape index (κ2) is 5.60. The molecule has 0 aliphatic rings. The fraction of sp³-hybridized carbons (Fsp3) is 0.857. The van der Waals surface area contributed by atoms with Crippen molar-refractivity contribution < 1.29 is 4.84 Å². The summed E-state index contributed by atoms with van der Waals surface area (Å²) < 4.78 is 0. The summed E-state index contributed by atoms with van der Waals surface area (Å²) in [5.74, 6) is 0.569. The number of hydrogen-bond donors (Lipinski definition) is 0. The first-order chi connectivity index (χ1) is 4.27. The molecule has 0 rings (SSSR count). The highest BCUT2D eigenvalue weighted by molar-refractivity contribution is 5.55. The van der Waals surface area contributed by atoms with Gasteiger partial charge in [0.1, 0.15) is 6.61 Å². The maximum Gasteiger partial charge on any atom is 0.119 e. The number of rotatable bonds is 4. The van der Waals surface area contributed by atoms with Gasteiger partial charge in [0.05, 0.1) is 0 Å². The summed E-state index contributed by atoms with van der Waals surface area (Å²) in [5.41, 5.74) is 0. The fourth-order valence-electron chi connectivity index (χ4n) is 0.319. The molecule has 0 bridgehead atoms. The van der Waals surface area contributed by atoms with Gasteiger partial charge in [0.15, 0.2) is 0 Å². The van der Waals surface area contributed by atoms with Crippen LogP contribution in [0.2, 0.25) is 0 Å². The van der Waals surface area contributed by atoms with Gasteiger partial charge in [0.25, 0.3) is 0 Å². The zero-order chi connectivity index (χ0) is 7.11. The number of hydrogen-bond acceptors (Lipinski definition) is 2. The van der Waals surface area contributed by atoms with E-state index in [0.717, 1.165) is 13.0 Å². The third-order valence-corrected chi connectivity index (χ3v) is 0.740. The molecule has 0 N–H and O–H groups in total. The Morgan fingerprint density at radius 2 is 2.22 bits per heavy atom. The Morgan fingerprint density at radius 1 is 1.56 bits per heavy atom. The molecule has 0 spiro atoms. The highest BCUT2D eigenvalue weighted by atomic mass is 16.6. The zero-order valence-corrected chi connectivity index (χ0v) is 6.42. The molecule has 0 fully saturated rings. The van der Waals surface area contributed by atoms with Crippen molar-refractivity contribution in [2.75, 3.05) is 6.61 Å². The van der Waals surface area contributed by atoms with Gasteiger partial charge >= 0.3 is 0 Å². The van der Waals surface area contributed by atoms with Crippen LogP contribution in [0.4, 0.5) is 0 Å². The average Bonchev–Trinajstić information content (AvgIpc) is 1.80. The SMILES string of the molecule is CCC=NOCC(C)C. The lowest BCUT2D eigenvalue weighted by Crippen LogP contribution is -1.96. The standard InChI is InChI=1S/C7H15NO/c1-4-5-8-9-6-7(2)3/h5,7H,4,6H2,1-3H3. The Bertz CT molecular complexity index is 79.0. The third kappa shape index (κ3) is 7.47. The molecule has 9 heavy (non-hydrogen) atoms. The molecule has 0 saturated carbocycles. The molecular weight excluding hydrogens is 114 g/mol. The smallest absolute Gasteiger partial charge is 0.119 e. The Morgan fingerprint density at radius 3 is 2.67 bits per heavy atom. The van der Waals surface area contributed by atoms with Gasteiger partial charge in [-0.1, -0.05) is 25.9 Å². The van der Waals surface area contributed by atoms with Gasteiger partial charge in [-0.2, -0.15) is 0 Å². The van der Waals surface area contributed by atoms with Crippen molar-refractivity contribution in [1.82, 2.24) is 0 Å². The summed E-state index contributed by atoms with van der Waals surface area (Å²) in [4.78, 5) is 4.90. The Hall–Kier alpha value is -0.530. The molecule has 0 amide bonds. The molecule has 2 nitrogen and oxygen atoms in total. The topological polar surface area (TPSA) is 21.6 Å². The normalized spacial score (nSPS) is 11.1. The van der Waals surface area contributed by atoms with Crippen LogP contribution in [0, 0.1) is 5.92 Å². The summed E-state index contributed by atoms with van der Waals surface area (Å²) in [7, 11) is 0. The molecule has 0 saturated heterocycles. The summed E-state index contributed by atoms with van der Waals surface area (Å²) in [6.45, 7) is 6.95. The van der Waals surface area contributed by atoms with Crippen LogP contribution in [0.1, 0.15) is 27.2 Å². The van der Waals surface area contributed by atoms with E-state index in [1.807, 2.05) is 6.92 Å². The summed E-state index contributed by atoms with van der Waals surface area (Å²) >= 11 is 0. The lowest BCUT2D eigenvalue weighted by atomic mass is 10.2. The second-order valence-corrected chi connectivity index (χ2v) is 2.39. The lowest BCUT2D eigenvalue weighted by Gasteiger charge is -1.99. The van der Waals surface area contributed by atoms with Gasteiger partial charge in [0, 0.05) is 6.21 Å². The summed E-state index contributed by atoms with van der Waals surface area (Å²) in [6, 6.07) is 0. The van der Waals surface area contributed by atoms with Gasteiger partial charge < -0.3 is 4.84 Å². The van der Waals surface area contributed by atoms with Crippen molar-refractivity contribution in [2.45, 2.75) is 27.2 Å². The van der Waals surface area contributed by atoms with Crippen molar-refractivity contribution >= 4 is 6.21 Å². The van der Waals surface area contributed by atoms with Gasteiger partial charge in [0.2, 0.25) is 0 Å². The van der Waals surface area contributed by atoms with Crippen LogP contribution in [-0.2, 0) is 4.84 Å². The van der Waals surface area contributed by atoms with Crippen molar-refractivity contribution in [1.29, 1.82) is 0 Å². The van der Waals surface area contributed by atoms with Gasteiger partial charge in [-0.05, 0) is 12.3 Å². The zero-order valence-electron chi connectivity index (χ0n) is 6.42. The van der Waals surface area contributed by atoms with Crippen LogP contribution in [0.3, 0.4) is 0 Å². The number of nitrogens with zero attached hydrogens (tertiary/aromatic N) is 1. The number of oxime groups is 1. The Balaban J connectivity index is 2.99. The predicted octanol–water partition coefficient (Wildman–Crippen LogP) is 2.05. The van der Waals surface area contributed by atoms with E-state index in [4.69, 9.17) is 4.84 Å². The van der Waals surface area contributed by atoms with E-state index >= 15 is 0 Å². The van der Waals surface area contributed by atoms with Crippen molar-refractivity contribution in [3.05, 3.63) is 0 Å². The largest absolute Gasteiger partial charge is 0.396 e. The van der Waals surface area contributed by atoms with Crippen molar-refractivity contribution in [3.8, 4) is 0 Å². The Kier molecular flexibility index (Phi) is 5.27. The molecule has 0 aliphatic heterocycles. The minimum absolute atomic E-state index is 0.569. The highest BCUT2D eigenvalue weighted by Crippen LogP contribution is 1.91. The lowest BCUT2D eigenvalue weighted by molar-refractivity contribution is 0.119. The van der Waals surface area contributed by atoms with E-state index in [-0.39, 0.29) is 0 Å². The van der Waals surface area contributed by atoms with Crippen LogP contribution < -0.4 is 0 Å². The quantitative estimate of drug-likeness (QED) is 0.420. The van der Waals surface area contributed by atoms with E-state index in [9.17, 15) is 0 Å². The molecule has 0 aromatic heterocycles. The predicted molar refractivity (Wildman–Crippen MR) is 39.6 cm³/mol. The molecule has 54 valence electrons. The van der Waals surface area contributed by atoms with Gasteiger partial charge in [-0.15, -0.1) is 0 Å². The highest BCUT2D eigenvalue weighted by Gasteiger charge is 1.89. The molecule has 0 atom stereocenters. The first-order valence-electron chi connectivity index (χ1n) is 3.41. The first-order valence-corrected chi connectivity index (χ1v) is 3.41. The van der Waals surface area contributed by atoms with Gasteiger partial charge in [-0.3, -0.25) is 0 Å². The average molecular weight is 129 g/mol. The molecule has 0 aromatic rings. The maximum atomic E-state index is 4.90. The molecule has 0 heterocycles. The Labute approximate surface area is 56.9 Å². The van der Waals surface area contributed by atoms with Gasteiger partial charge in [-0.25, -0.2) is 0 Å². The van der Waals surface area contributed by atoms with Crippen LogP contribution in [0.25, 0.3) is 0 Å². The second-order valence-electron chi connectivity index (χ2n) is 2.39. The van der Waals surface area contributed by atoms with Crippen LogP contribution in [-0.4, -0.2) is 12.8 Å². The van der Waals surface area contributed by atoms with E-state index < -0.39 is 0 Å². The van der Waals surface area contributed by atoms with Crippen LogP contribution >= 0.6 is 0 Å². The van der Waals surface area contributed by atoms with E-state index in [0.29, 0.717) is 5.92 Å². The summed E-state index contributed by atoms with van der Waals surface area (Å²) in [5, 5.41) is 3.70. The fourth-order valence-corrected chi connectivity index (χ4v) is 0.319. The molecular formula is C7H15NO. The molecule has 0 aromatic carbocycles. The first kappa shape index (κ1) is 8.47. The minimum atomic E-state index is 0.569. The monoisotopic (exact) mass is 129 g/mol. The van der Waals surface area contributed by atoms with Crippen LogP contribution in [0.5, 0.6) is 0 Å². The molecule has 0 radical (unpaired) electrons. The van der Waals surface area contributed by atoms with E-state index in [1.165, 1.54) is 0 Å².